The molecule has 3 aromatic rings. The van der Waals surface area contributed by atoms with Crippen LogP contribution in [-0.2, 0) is 0 Å². The smallest absolute Gasteiger partial charge is 0.156 e. The van der Waals surface area contributed by atoms with E-state index in [-0.39, 0.29) is 0 Å². The van der Waals surface area contributed by atoms with Gasteiger partial charge >= 0.3 is 0 Å². The Kier molecular flexibility index (Phi) is 5.54. The van der Waals surface area contributed by atoms with E-state index in [4.69, 9.17) is 16.3 Å². The number of halogens is 1. The Morgan fingerprint density at radius 3 is 2.64 bits per heavy atom. The van der Waals surface area contributed by atoms with E-state index in [1.165, 1.54) is 0 Å². The summed E-state index contributed by atoms with van der Waals surface area (Å²) in [6.07, 6.45) is 4.65. The highest BCUT2D eigenvalue weighted by atomic mass is 35.5. The van der Waals surface area contributed by atoms with Crippen molar-refractivity contribution < 1.29 is 4.74 Å². The molecule has 0 aliphatic carbocycles. The van der Waals surface area contributed by atoms with Gasteiger partial charge in [0.2, 0.25) is 0 Å². The van der Waals surface area contributed by atoms with E-state index in [9.17, 15) is 0 Å². The SMILES string of the molecule is CC(C)C[C@H](C)COc1cnc(-c2ccnc3ccccc23)cc1Cl. The summed E-state index contributed by atoms with van der Waals surface area (Å²) < 4.78 is 5.87. The Morgan fingerprint density at radius 1 is 1.08 bits per heavy atom. The Bertz CT molecular complexity index is 858. The fourth-order valence-corrected chi connectivity index (χ4v) is 3.30. The fraction of sp³-hybridized carbons (Fsp3) is 0.333. The number of hydrogen-bond acceptors (Lipinski definition) is 3. The topological polar surface area (TPSA) is 35.0 Å². The van der Waals surface area contributed by atoms with Gasteiger partial charge in [0.1, 0.15) is 0 Å². The summed E-state index contributed by atoms with van der Waals surface area (Å²) >= 11 is 6.44. The van der Waals surface area contributed by atoms with Crippen molar-refractivity contribution in [1.29, 1.82) is 0 Å². The second kappa shape index (κ2) is 7.83. The zero-order valence-electron chi connectivity index (χ0n) is 14.9. The lowest BCUT2D eigenvalue weighted by atomic mass is 10.00. The molecule has 0 saturated heterocycles. The number of nitrogens with zero attached hydrogens (tertiary/aromatic N) is 2. The molecule has 4 heteroatoms. The number of hydrogen-bond donors (Lipinski definition) is 0. The van der Waals surface area contributed by atoms with Crippen LogP contribution in [0.1, 0.15) is 27.2 Å². The van der Waals surface area contributed by atoms with E-state index in [1.807, 2.05) is 36.4 Å². The maximum Gasteiger partial charge on any atom is 0.156 e. The Hall–Kier alpha value is -2.13. The Morgan fingerprint density at radius 2 is 1.88 bits per heavy atom. The van der Waals surface area contributed by atoms with Crippen LogP contribution in [0.4, 0.5) is 0 Å². The minimum atomic E-state index is 0.486. The number of pyridine rings is 2. The van der Waals surface area contributed by atoms with Gasteiger partial charge < -0.3 is 4.74 Å². The molecule has 0 spiro atoms. The molecule has 25 heavy (non-hydrogen) atoms. The molecule has 0 aliphatic heterocycles. The minimum Gasteiger partial charge on any atom is -0.490 e. The standard InChI is InChI=1S/C21H23ClN2O/c1-14(2)10-15(3)13-25-21-12-24-20(11-18(21)22)17-8-9-23-19-7-5-4-6-16(17)19/h4-9,11-12,14-15H,10,13H2,1-3H3/t15-/m0/s1. The zero-order valence-corrected chi connectivity index (χ0v) is 15.6. The van der Waals surface area contributed by atoms with Gasteiger partial charge in [0, 0.05) is 17.1 Å². The molecule has 1 atom stereocenters. The van der Waals surface area contributed by atoms with Gasteiger partial charge in [-0.25, -0.2) is 0 Å². The highest BCUT2D eigenvalue weighted by molar-refractivity contribution is 6.32. The number of ether oxygens (including phenoxy) is 1. The molecule has 3 nitrogen and oxygen atoms in total. The van der Waals surface area contributed by atoms with Crippen LogP contribution >= 0.6 is 11.6 Å². The molecule has 0 fully saturated rings. The molecule has 0 radical (unpaired) electrons. The molecule has 0 bridgehead atoms. The molecule has 0 unspecified atom stereocenters. The summed E-state index contributed by atoms with van der Waals surface area (Å²) in [5, 5.41) is 1.65. The van der Waals surface area contributed by atoms with Crippen molar-refractivity contribution in [3.8, 4) is 17.0 Å². The van der Waals surface area contributed by atoms with Crippen LogP contribution in [0.5, 0.6) is 5.75 Å². The molecule has 0 N–H and O–H groups in total. The Labute approximate surface area is 154 Å². The first-order valence-corrected chi connectivity index (χ1v) is 9.05. The predicted octanol–water partition coefficient (Wildman–Crippen LogP) is 6.01. The van der Waals surface area contributed by atoms with E-state index in [2.05, 4.69) is 30.7 Å². The van der Waals surface area contributed by atoms with Gasteiger partial charge in [-0.05, 0) is 36.5 Å². The largest absolute Gasteiger partial charge is 0.490 e. The summed E-state index contributed by atoms with van der Waals surface area (Å²) in [5.41, 5.74) is 2.79. The van der Waals surface area contributed by atoms with Gasteiger partial charge in [0.15, 0.2) is 5.75 Å². The highest BCUT2D eigenvalue weighted by Crippen LogP contribution is 2.31. The molecule has 3 rings (SSSR count). The van der Waals surface area contributed by atoms with Crippen LogP contribution in [0.15, 0.2) is 48.8 Å². The van der Waals surface area contributed by atoms with Crippen LogP contribution < -0.4 is 4.74 Å². The van der Waals surface area contributed by atoms with E-state index in [1.54, 1.807) is 12.4 Å². The third kappa shape index (κ3) is 4.29. The van der Waals surface area contributed by atoms with Gasteiger partial charge in [0.25, 0.3) is 0 Å². The summed E-state index contributed by atoms with van der Waals surface area (Å²) in [7, 11) is 0. The minimum absolute atomic E-state index is 0.486. The molecule has 0 saturated carbocycles. The van der Waals surface area contributed by atoms with Crippen molar-refractivity contribution in [1.82, 2.24) is 9.97 Å². The number of para-hydroxylation sites is 1. The highest BCUT2D eigenvalue weighted by Gasteiger charge is 2.11. The molecule has 0 amide bonds. The van der Waals surface area contributed by atoms with Crippen LogP contribution in [0.3, 0.4) is 0 Å². The van der Waals surface area contributed by atoms with E-state index in [0.29, 0.717) is 29.2 Å². The van der Waals surface area contributed by atoms with Crippen molar-refractivity contribution in [3.63, 3.8) is 0 Å². The van der Waals surface area contributed by atoms with Crippen molar-refractivity contribution in [2.24, 2.45) is 11.8 Å². The predicted molar refractivity (Wildman–Crippen MR) is 104 cm³/mol. The Balaban J connectivity index is 1.82. The van der Waals surface area contributed by atoms with Gasteiger partial charge in [-0.1, -0.05) is 50.6 Å². The maximum absolute atomic E-state index is 6.44. The average Bonchev–Trinajstić information content (AvgIpc) is 2.59. The summed E-state index contributed by atoms with van der Waals surface area (Å²) in [4.78, 5) is 8.96. The average molecular weight is 355 g/mol. The summed E-state index contributed by atoms with van der Waals surface area (Å²) in [5.74, 6) is 1.79. The van der Waals surface area contributed by atoms with E-state index >= 15 is 0 Å². The lowest BCUT2D eigenvalue weighted by Gasteiger charge is -2.16. The second-order valence-corrected chi connectivity index (χ2v) is 7.33. The molecular weight excluding hydrogens is 332 g/mol. The molecule has 2 aromatic heterocycles. The van der Waals surface area contributed by atoms with Gasteiger partial charge in [-0.3, -0.25) is 9.97 Å². The first-order valence-electron chi connectivity index (χ1n) is 8.67. The van der Waals surface area contributed by atoms with Crippen LogP contribution in [0.2, 0.25) is 5.02 Å². The number of rotatable bonds is 6. The molecular formula is C21H23ClN2O. The van der Waals surface area contributed by atoms with Crippen LogP contribution in [0.25, 0.3) is 22.2 Å². The zero-order chi connectivity index (χ0) is 17.8. The summed E-state index contributed by atoms with van der Waals surface area (Å²) in [6, 6.07) is 11.9. The van der Waals surface area contributed by atoms with Crippen molar-refractivity contribution in [2.45, 2.75) is 27.2 Å². The third-order valence-electron chi connectivity index (χ3n) is 4.14. The van der Waals surface area contributed by atoms with Crippen LogP contribution in [-0.4, -0.2) is 16.6 Å². The second-order valence-electron chi connectivity index (χ2n) is 6.92. The molecule has 130 valence electrons. The number of fused-ring (bicyclic) bond motifs is 1. The first kappa shape index (κ1) is 17.7. The van der Waals surface area contributed by atoms with Crippen molar-refractivity contribution in [3.05, 3.63) is 53.8 Å². The lowest BCUT2D eigenvalue weighted by molar-refractivity contribution is 0.238. The third-order valence-corrected chi connectivity index (χ3v) is 4.44. The normalized spacial score (nSPS) is 12.5. The van der Waals surface area contributed by atoms with Crippen molar-refractivity contribution in [2.75, 3.05) is 6.61 Å². The van der Waals surface area contributed by atoms with E-state index < -0.39 is 0 Å². The number of benzene rings is 1. The maximum atomic E-state index is 6.44. The van der Waals surface area contributed by atoms with Gasteiger partial charge in [0.05, 0.1) is 29.0 Å². The van der Waals surface area contributed by atoms with Crippen LogP contribution in [0, 0.1) is 11.8 Å². The molecule has 0 aliphatic rings. The summed E-state index contributed by atoms with van der Waals surface area (Å²) in [6.45, 7) is 7.29. The number of aromatic nitrogens is 2. The van der Waals surface area contributed by atoms with Crippen molar-refractivity contribution >= 4 is 22.5 Å². The first-order chi connectivity index (χ1) is 12.0. The quantitative estimate of drug-likeness (QED) is 0.543. The van der Waals surface area contributed by atoms with E-state index in [0.717, 1.165) is 28.6 Å². The molecule has 1 aromatic carbocycles. The molecule has 2 heterocycles. The monoisotopic (exact) mass is 354 g/mol. The van der Waals surface area contributed by atoms with Gasteiger partial charge in [-0.15, -0.1) is 0 Å². The fourth-order valence-electron chi connectivity index (χ4n) is 3.10. The van der Waals surface area contributed by atoms with Gasteiger partial charge in [-0.2, -0.15) is 0 Å². The lowest BCUT2D eigenvalue weighted by Crippen LogP contribution is -2.11.